The molecule has 9 atom stereocenters. The van der Waals surface area contributed by atoms with E-state index in [9.17, 15) is 24.9 Å². The molecule has 5 aliphatic rings. The van der Waals surface area contributed by atoms with Gasteiger partial charge in [0, 0.05) is 31.0 Å². The number of carbonyl (C=O) groups excluding carboxylic acids is 1. The van der Waals surface area contributed by atoms with Gasteiger partial charge in [0.15, 0.2) is 0 Å². The molecule has 0 aromatic carbocycles. The Morgan fingerprint density at radius 2 is 1.76 bits per heavy atom. The van der Waals surface area contributed by atoms with Crippen molar-refractivity contribution >= 4 is 6.09 Å². The van der Waals surface area contributed by atoms with Crippen LogP contribution < -0.4 is 5.63 Å². The standard InChI is InChI=1S/C29H41NO7/c1-26-10-5-20(37-25(33)30-14-9-19(31)16-30)15-28(26,34)12-7-23-22(26)6-11-27(2)21(8-13-29(23,27)35)18-3-4-24(32)36-17-18/h3-4,17,19-23,31,34-35H,5-16H2,1-2H3/t19-,20?,21?,22?,23?,26?,27?,28?,29?/m0/s1. The van der Waals surface area contributed by atoms with Gasteiger partial charge < -0.3 is 29.4 Å². The summed E-state index contributed by atoms with van der Waals surface area (Å²) in [7, 11) is 0. The third-order valence-electron chi connectivity index (χ3n) is 11.8. The number of hydrogen-bond acceptors (Lipinski definition) is 7. The van der Waals surface area contributed by atoms with Crippen molar-refractivity contribution in [1.29, 1.82) is 0 Å². The van der Waals surface area contributed by atoms with Gasteiger partial charge in [0.2, 0.25) is 0 Å². The molecule has 0 radical (unpaired) electrons. The van der Waals surface area contributed by atoms with Gasteiger partial charge in [-0.3, -0.25) is 0 Å². The van der Waals surface area contributed by atoms with Crippen LogP contribution >= 0.6 is 0 Å². The summed E-state index contributed by atoms with van der Waals surface area (Å²) in [6.07, 6.45) is 7.52. The SMILES string of the molecule is CC12CCC(OC(=O)N3CC[C@H](O)C3)CC1(O)CCC1C2CCC2(C)C(c3ccc(=O)oc3)CCC12O. The maximum Gasteiger partial charge on any atom is 0.410 e. The van der Waals surface area contributed by atoms with Gasteiger partial charge in [-0.2, -0.15) is 0 Å². The van der Waals surface area contributed by atoms with Crippen LogP contribution in [-0.2, 0) is 4.74 Å². The number of hydrogen-bond donors (Lipinski definition) is 3. The molecule has 0 spiro atoms. The molecule has 204 valence electrons. The Balaban J connectivity index is 1.20. The number of likely N-dealkylation sites (tertiary alicyclic amines) is 1. The molecule has 8 nitrogen and oxygen atoms in total. The van der Waals surface area contributed by atoms with E-state index in [1.165, 1.54) is 6.07 Å². The third-order valence-corrected chi connectivity index (χ3v) is 11.8. The van der Waals surface area contributed by atoms with Gasteiger partial charge in [0.25, 0.3) is 0 Å². The summed E-state index contributed by atoms with van der Waals surface area (Å²) in [6.45, 7) is 5.22. The minimum absolute atomic E-state index is 0.0995. The van der Waals surface area contributed by atoms with E-state index in [0.29, 0.717) is 45.2 Å². The minimum Gasteiger partial charge on any atom is -0.446 e. The Bertz CT molecular complexity index is 1100. The molecule has 37 heavy (non-hydrogen) atoms. The molecule has 1 saturated heterocycles. The third kappa shape index (κ3) is 3.65. The number of rotatable bonds is 2. The lowest BCUT2D eigenvalue weighted by Crippen LogP contribution is -2.67. The van der Waals surface area contributed by atoms with Crippen molar-refractivity contribution in [2.24, 2.45) is 22.7 Å². The lowest BCUT2D eigenvalue weighted by atomic mass is 9.42. The van der Waals surface area contributed by atoms with Crippen molar-refractivity contribution in [3.05, 3.63) is 34.4 Å². The maximum atomic E-state index is 12.7. The van der Waals surface area contributed by atoms with E-state index < -0.39 is 17.3 Å². The fourth-order valence-corrected chi connectivity index (χ4v) is 9.51. The fourth-order valence-electron chi connectivity index (χ4n) is 9.51. The largest absolute Gasteiger partial charge is 0.446 e. The second kappa shape index (κ2) is 8.55. The molecular weight excluding hydrogens is 474 g/mol. The van der Waals surface area contributed by atoms with Crippen molar-refractivity contribution in [2.75, 3.05) is 13.1 Å². The van der Waals surface area contributed by atoms with E-state index in [2.05, 4.69) is 13.8 Å². The molecule has 3 N–H and O–H groups in total. The predicted molar refractivity (Wildman–Crippen MR) is 135 cm³/mol. The van der Waals surface area contributed by atoms with E-state index in [1.54, 1.807) is 11.2 Å². The van der Waals surface area contributed by atoms with E-state index >= 15 is 0 Å². The Morgan fingerprint density at radius 1 is 1.00 bits per heavy atom. The van der Waals surface area contributed by atoms with Gasteiger partial charge in [0.1, 0.15) is 6.10 Å². The molecule has 1 aliphatic heterocycles. The summed E-state index contributed by atoms with van der Waals surface area (Å²) in [4.78, 5) is 25.7. The number of β-amino-alcohol motifs (C(OH)–C–C–N with tert-alkyl or cyclic N) is 1. The Kier molecular flexibility index (Phi) is 5.87. The average molecular weight is 516 g/mol. The summed E-state index contributed by atoms with van der Waals surface area (Å²) in [5.41, 5.74) is -1.80. The van der Waals surface area contributed by atoms with Crippen LogP contribution in [0.1, 0.15) is 89.5 Å². The van der Waals surface area contributed by atoms with Crippen molar-refractivity contribution < 1.29 is 29.3 Å². The van der Waals surface area contributed by atoms with Gasteiger partial charge >= 0.3 is 11.7 Å². The number of amides is 1. The molecule has 4 saturated carbocycles. The Hall–Kier alpha value is -1.90. The number of aliphatic hydroxyl groups excluding tert-OH is 1. The van der Waals surface area contributed by atoms with E-state index in [0.717, 1.165) is 37.7 Å². The van der Waals surface area contributed by atoms with Crippen molar-refractivity contribution in [3.63, 3.8) is 0 Å². The lowest BCUT2D eigenvalue weighted by Gasteiger charge is -2.66. The van der Waals surface area contributed by atoms with Gasteiger partial charge in [-0.15, -0.1) is 0 Å². The van der Waals surface area contributed by atoms with E-state index in [1.807, 2.05) is 6.07 Å². The molecule has 6 rings (SSSR count). The number of ether oxygens (including phenoxy) is 1. The molecule has 1 amide bonds. The molecular formula is C29H41NO7. The van der Waals surface area contributed by atoms with Gasteiger partial charge in [-0.05, 0) is 92.6 Å². The highest BCUT2D eigenvalue weighted by atomic mass is 16.6. The normalized spacial score (nSPS) is 47.2. The zero-order chi connectivity index (χ0) is 26.2. The number of carbonyl (C=O) groups is 1. The first kappa shape index (κ1) is 25.4. The monoisotopic (exact) mass is 515 g/mol. The highest BCUT2D eigenvalue weighted by Gasteiger charge is 2.70. The molecule has 5 fully saturated rings. The van der Waals surface area contributed by atoms with Crippen LogP contribution in [-0.4, -0.2) is 62.8 Å². The van der Waals surface area contributed by atoms with Crippen LogP contribution in [0.2, 0.25) is 0 Å². The van der Waals surface area contributed by atoms with Gasteiger partial charge in [0.05, 0.1) is 23.6 Å². The second-order valence-corrected chi connectivity index (χ2v) is 13.2. The molecule has 0 bridgehead atoms. The van der Waals surface area contributed by atoms with Crippen LogP contribution in [0.15, 0.2) is 27.6 Å². The number of nitrogens with zero attached hydrogens (tertiary/aromatic N) is 1. The van der Waals surface area contributed by atoms with Crippen LogP contribution in [0.5, 0.6) is 0 Å². The second-order valence-electron chi connectivity index (χ2n) is 13.2. The molecule has 4 aliphatic carbocycles. The van der Waals surface area contributed by atoms with Crippen molar-refractivity contribution in [2.45, 2.75) is 107 Å². The first-order valence-electron chi connectivity index (χ1n) is 14.2. The first-order valence-corrected chi connectivity index (χ1v) is 14.2. The summed E-state index contributed by atoms with van der Waals surface area (Å²) in [6, 6.07) is 3.33. The lowest BCUT2D eigenvalue weighted by molar-refractivity contribution is -0.253. The quantitative estimate of drug-likeness (QED) is 0.551. The molecule has 8 unspecified atom stereocenters. The number of fused-ring (bicyclic) bond motifs is 5. The maximum absolute atomic E-state index is 12.7. The summed E-state index contributed by atoms with van der Waals surface area (Å²) in [5, 5.41) is 34.2. The number of aliphatic hydroxyl groups is 3. The average Bonchev–Trinajstić information content (AvgIpc) is 3.41. The summed E-state index contributed by atoms with van der Waals surface area (Å²) < 4.78 is 11.0. The summed E-state index contributed by atoms with van der Waals surface area (Å²) >= 11 is 0. The van der Waals surface area contributed by atoms with Gasteiger partial charge in [-0.25, -0.2) is 9.59 Å². The highest BCUT2D eigenvalue weighted by Crippen LogP contribution is 2.71. The van der Waals surface area contributed by atoms with Crippen LogP contribution in [0.4, 0.5) is 4.79 Å². The zero-order valence-electron chi connectivity index (χ0n) is 22.0. The molecule has 8 heteroatoms. The van der Waals surface area contributed by atoms with Crippen LogP contribution in [0.25, 0.3) is 0 Å². The minimum atomic E-state index is -0.938. The first-order chi connectivity index (χ1) is 17.5. The van der Waals surface area contributed by atoms with Crippen LogP contribution in [0, 0.1) is 22.7 Å². The van der Waals surface area contributed by atoms with Gasteiger partial charge in [-0.1, -0.05) is 13.8 Å². The fraction of sp³-hybridized carbons (Fsp3) is 0.793. The van der Waals surface area contributed by atoms with E-state index in [4.69, 9.17) is 9.15 Å². The van der Waals surface area contributed by atoms with Crippen LogP contribution in [0.3, 0.4) is 0 Å². The Labute approximate surface area is 218 Å². The highest BCUT2D eigenvalue weighted by molar-refractivity contribution is 5.68. The van der Waals surface area contributed by atoms with E-state index in [-0.39, 0.29) is 46.4 Å². The van der Waals surface area contributed by atoms with Crippen molar-refractivity contribution in [1.82, 2.24) is 4.90 Å². The summed E-state index contributed by atoms with van der Waals surface area (Å²) in [5.74, 6) is 0.431. The zero-order valence-corrected chi connectivity index (χ0v) is 22.0. The predicted octanol–water partition coefficient (Wildman–Crippen LogP) is 3.57. The topological polar surface area (TPSA) is 120 Å². The molecule has 2 heterocycles. The molecule has 1 aromatic rings. The smallest absolute Gasteiger partial charge is 0.410 e. The Morgan fingerprint density at radius 3 is 2.46 bits per heavy atom. The molecule has 1 aromatic heterocycles. The van der Waals surface area contributed by atoms with Crippen molar-refractivity contribution in [3.8, 4) is 0 Å².